The third-order valence-electron chi connectivity index (χ3n) is 5.12. The molecule has 1 aliphatic rings. The molecule has 0 aliphatic carbocycles. The molecule has 0 N–H and O–H groups in total. The zero-order valence-corrected chi connectivity index (χ0v) is 16.0. The Morgan fingerprint density at radius 1 is 1.27 bits per heavy atom. The Morgan fingerprint density at radius 2 is 2.04 bits per heavy atom. The van der Waals surface area contributed by atoms with Crippen molar-refractivity contribution >= 4 is 17.1 Å². The van der Waals surface area contributed by atoms with E-state index in [1.807, 2.05) is 17.0 Å². The minimum Gasteiger partial charge on any atom is -0.383 e. The molecule has 26 heavy (non-hydrogen) atoms. The molecule has 0 unspecified atom stereocenters. The zero-order valence-electron chi connectivity index (χ0n) is 16.0. The SMILES string of the molecule is COC[C@H](C)n1c(CCCC(=O)N2CCCCCC2)nc2cccnc21. The van der Waals surface area contributed by atoms with E-state index in [4.69, 9.17) is 9.72 Å². The maximum absolute atomic E-state index is 12.5. The quantitative estimate of drug-likeness (QED) is 0.761. The van der Waals surface area contributed by atoms with Crippen molar-refractivity contribution in [2.45, 2.75) is 57.9 Å². The van der Waals surface area contributed by atoms with E-state index in [2.05, 4.69) is 16.5 Å². The van der Waals surface area contributed by atoms with E-state index in [1.165, 1.54) is 12.8 Å². The number of hydrogen-bond acceptors (Lipinski definition) is 4. The number of methoxy groups -OCH3 is 1. The minimum absolute atomic E-state index is 0.163. The van der Waals surface area contributed by atoms with Gasteiger partial charge in [-0.3, -0.25) is 4.79 Å². The molecule has 1 fully saturated rings. The van der Waals surface area contributed by atoms with Gasteiger partial charge in [-0.2, -0.15) is 0 Å². The molecule has 142 valence electrons. The summed E-state index contributed by atoms with van der Waals surface area (Å²) < 4.78 is 7.49. The molecule has 2 aromatic rings. The number of aryl methyl sites for hydroxylation is 1. The number of carbonyl (C=O) groups is 1. The highest BCUT2D eigenvalue weighted by Crippen LogP contribution is 2.21. The lowest BCUT2D eigenvalue weighted by Crippen LogP contribution is -2.31. The number of nitrogens with zero attached hydrogens (tertiary/aromatic N) is 4. The number of amides is 1. The van der Waals surface area contributed by atoms with Gasteiger partial charge in [0.25, 0.3) is 0 Å². The topological polar surface area (TPSA) is 60.2 Å². The van der Waals surface area contributed by atoms with Crippen molar-refractivity contribution in [1.29, 1.82) is 0 Å². The van der Waals surface area contributed by atoms with Crippen LogP contribution in [0.25, 0.3) is 11.2 Å². The third kappa shape index (κ3) is 4.41. The van der Waals surface area contributed by atoms with Crippen LogP contribution in [0.2, 0.25) is 0 Å². The standard InChI is InChI=1S/C20H30N4O2/c1-16(15-26-2)24-18(22-17-9-8-12-21-20(17)24)10-7-11-19(25)23-13-5-3-4-6-14-23/h8-9,12,16H,3-7,10-11,13-15H2,1-2H3/t16-/m0/s1. The molecular weight excluding hydrogens is 328 g/mol. The summed E-state index contributed by atoms with van der Waals surface area (Å²) in [6, 6.07) is 4.06. The van der Waals surface area contributed by atoms with Crippen molar-refractivity contribution in [3.05, 3.63) is 24.2 Å². The molecule has 6 nitrogen and oxygen atoms in total. The second-order valence-electron chi connectivity index (χ2n) is 7.20. The van der Waals surface area contributed by atoms with Crippen LogP contribution in [0.15, 0.2) is 18.3 Å². The fourth-order valence-corrected chi connectivity index (χ4v) is 3.81. The summed E-state index contributed by atoms with van der Waals surface area (Å²) >= 11 is 0. The number of rotatable bonds is 7. The van der Waals surface area contributed by atoms with E-state index in [0.717, 1.165) is 55.8 Å². The molecule has 0 saturated carbocycles. The molecule has 2 aromatic heterocycles. The van der Waals surface area contributed by atoms with Gasteiger partial charge in [-0.1, -0.05) is 12.8 Å². The summed E-state index contributed by atoms with van der Waals surface area (Å²) in [5, 5.41) is 0. The van der Waals surface area contributed by atoms with Crippen LogP contribution in [-0.4, -0.2) is 52.1 Å². The van der Waals surface area contributed by atoms with Crippen molar-refractivity contribution < 1.29 is 9.53 Å². The molecule has 0 aromatic carbocycles. The van der Waals surface area contributed by atoms with Gasteiger partial charge < -0.3 is 14.2 Å². The number of hydrogen-bond donors (Lipinski definition) is 0. The van der Waals surface area contributed by atoms with Gasteiger partial charge in [-0.25, -0.2) is 9.97 Å². The number of fused-ring (bicyclic) bond motifs is 1. The molecule has 6 heteroatoms. The summed E-state index contributed by atoms with van der Waals surface area (Å²) in [4.78, 5) is 23.8. The number of ether oxygens (including phenoxy) is 1. The Morgan fingerprint density at radius 3 is 2.77 bits per heavy atom. The lowest BCUT2D eigenvalue weighted by atomic mass is 10.2. The molecule has 0 radical (unpaired) electrons. The monoisotopic (exact) mass is 358 g/mol. The maximum Gasteiger partial charge on any atom is 0.222 e. The summed E-state index contributed by atoms with van der Waals surface area (Å²) in [6.45, 7) is 4.57. The predicted molar refractivity (Wildman–Crippen MR) is 102 cm³/mol. The number of aromatic nitrogens is 3. The van der Waals surface area contributed by atoms with E-state index >= 15 is 0 Å². The van der Waals surface area contributed by atoms with E-state index in [-0.39, 0.29) is 11.9 Å². The van der Waals surface area contributed by atoms with E-state index in [9.17, 15) is 4.79 Å². The van der Waals surface area contributed by atoms with Crippen LogP contribution in [0.1, 0.15) is 57.3 Å². The smallest absolute Gasteiger partial charge is 0.222 e. The van der Waals surface area contributed by atoms with Crippen LogP contribution < -0.4 is 0 Å². The van der Waals surface area contributed by atoms with E-state index in [1.54, 1.807) is 13.3 Å². The molecule has 0 spiro atoms. The molecule has 3 heterocycles. The van der Waals surface area contributed by atoms with Crippen molar-refractivity contribution in [3.8, 4) is 0 Å². The maximum atomic E-state index is 12.5. The van der Waals surface area contributed by atoms with Crippen molar-refractivity contribution in [1.82, 2.24) is 19.4 Å². The number of likely N-dealkylation sites (tertiary alicyclic amines) is 1. The first-order chi connectivity index (χ1) is 12.7. The van der Waals surface area contributed by atoms with E-state index in [0.29, 0.717) is 13.0 Å². The van der Waals surface area contributed by atoms with Gasteiger partial charge in [0.05, 0.1) is 12.6 Å². The normalized spacial score (nSPS) is 16.6. The number of carbonyl (C=O) groups excluding carboxylic acids is 1. The second-order valence-corrected chi connectivity index (χ2v) is 7.20. The predicted octanol–water partition coefficient (Wildman–Crippen LogP) is 3.36. The highest BCUT2D eigenvalue weighted by atomic mass is 16.5. The first kappa shape index (κ1) is 18.8. The van der Waals surface area contributed by atoms with Crippen LogP contribution in [0.5, 0.6) is 0 Å². The van der Waals surface area contributed by atoms with Crippen molar-refractivity contribution in [2.24, 2.45) is 0 Å². The van der Waals surface area contributed by atoms with Crippen LogP contribution in [0.4, 0.5) is 0 Å². The average Bonchev–Trinajstić information content (AvgIpc) is 2.80. The lowest BCUT2D eigenvalue weighted by molar-refractivity contribution is -0.131. The first-order valence-electron chi connectivity index (χ1n) is 9.79. The Bertz CT molecular complexity index is 720. The van der Waals surface area contributed by atoms with Crippen LogP contribution in [0, 0.1) is 0 Å². The van der Waals surface area contributed by atoms with Crippen LogP contribution >= 0.6 is 0 Å². The van der Waals surface area contributed by atoms with Gasteiger partial charge in [0, 0.05) is 39.2 Å². The largest absolute Gasteiger partial charge is 0.383 e. The molecule has 0 bridgehead atoms. The minimum atomic E-state index is 0.163. The highest BCUT2D eigenvalue weighted by Gasteiger charge is 2.18. The van der Waals surface area contributed by atoms with E-state index < -0.39 is 0 Å². The lowest BCUT2D eigenvalue weighted by Gasteiger charge is -2.20. The van der Waals surface area contributed by atoms with Gasteiger partial charge in [-0.15, -0.1) is 0 Å². The summed E-state index contributed by atoms with van der Waals surface area (Å²) in [5.74, 6) is 1.28. The fraction of sp³-hybridized carbons (Fsp3) is 0.650. The molecular formula is C20H30N4O2. The summed E-state index contributed by atoms with van der Waals surface area (Å²) in [5.41, 5.74) is 1.80. The molecule has 1 aliphatic heterocycles. The van der Waals surface area contributed by atoms with Crippen LogP contribution in [0.3, 0.4) is 0 Å². The molecule has 1 saturated heterocycles. The Hall–Kier alpha value is -1.95. The average molecular weight is 358 g/mol. The first-order valence-corrected chi connectivity index (χ1v) is 9.79. The van der Waals surface area contributed by atoms with Gasteiger partial charge in [0.15, 0.2) is 5.65 Å². The number of imidazole rings is 1. The zero-order chi connectivity index (χ0) is 18.4. The Balaban J connectivity index is 1.66. The van der Waals surface area contributed by atoms with Gasteiger partial charge in [0.1, 0.15) is 11.3 Å². The van der Waals surface area contributed by atoms with Crippen molar-refractivity contribution in [3.63, 3.8) is 0 Å². The van der Waals surface area contributed by atoms with Crippen molar-refractivity contribution in [2.75, 3.05) is 26.8 Å². The highest BCUT2D eigenvalue weighted by molar-refractivity contribution is 5.76. The third-order valence-corrected chi connectivity index (χ3v) is 5.12. The van der Waals surface area contributed by atoms with Gasteiger partial charge in [0.2, 0.25) is 5.91 Å². The Labute approximate surface area is 155 Å². The molecule has 1 atom stereocenters. The number of pyridine rings is 1. The van der Waals surface area contributed by atoms with Gasteiger partial charge >= 0.3 is 0 Å². The summed E-state index contributed by atoms with van der Waals surface area (Å²) in [6.07, 6.45) is 8.77. The Kier molecular flexibility index (Phi) is 6.61. The van der Waals surface area contributed by atoms with Gasteiger partial charge in [-0.05, 0) is 38.3 Å². The summed E-state index contributed by atoms with van der Waals surface area (Å²) in [7, 11) is 1.71. The van der Waals surface area contributed by atoms with Crippen LogP contribution in [-0.2, 0) is 16.0 Å². The molecule has 3 rings (SSSR count). The second kappa shape index (κ2) is 9.12. The molecule has 1 amide bonds. The fourth-order valence-electron chi connectivity index (χ4n) is 3.81.